The molecule has 0 atom stereocenters. The Bertz CT molecular complexity index is 794. The number of carbonyl (C=O) groups excluding carboxylic acids is 2. The molecule has 1 aliphatic rings. The summed E-state index contributed by atoms with van der Waals surface area (Å²) in [7, 11) is 1.27. The van der Waals surface area contributed by atoms with Crippen molar-refractivity contribution in [3.05, 3.63) is 53.1 Å². The second-order valence-electron chi connectivity index (χ2n) is 6.28. The summed E-state index contributed by atoms with van der Waals surface area (Å²) in [6.45, 7) is 1.71. The molecule has 1 heterocycles. The zero-order valence-corrected chi connectivity index (χ0v) is 16.1. The fourth-order valence-corrected chi connectivity index (χ4v) is 2.75. The molecule has 0 amide bonds. The van der Waals surface area contributed by atoms with Crippen molar-refractivity contribution < 1.29 is 29.0 Å². The zero-order chi connectivity index (χ0) is 20.4. The Kier molecular flexibility index (Phi) is 8.27. The molecule has 7 heteroatoms. The molecule has 150 valence electrons. The fraction of sp³-hybridized carbons (Fsp3) is 0.381. The third-order valence-electron chi connectivity index (χ3n) is 4.06. The van der Waals surface area contributed by atoms with Gasteiger partial charge in [0, 0.05) is 6.42 Å². The van der Waals surface area contributed by atoms with Crippen LogP contribution in [0.15, 0.2) is 41.6 Å². The molecular weight excluding hydrogens is 362 g/mol. The second kappa shape index (κ2) is 10.9. The number of benzene rings is 1. The first-order chi connectivity index (χ1) is 13.5. The molecular formula is C21H25NO6. The van der Waals surface area contributed by atoms with Crippen LogP contribution in [0, 0.1) is 6.92 Å². The quantitative estimate of drug-likeness (QED) is 0.486. The first kappa shape index (κ1) is 21.2. The summed E-state index contributed by atoms with van der Waals surface area (Å²) in [6.07, 6.45) is 10.3. The Morgan fingerprint density at radius 1 is 1.21 bits per heavy atom. The highest BCUT2D eigenvalue weighted by molar-refractivity contribution is 6.00. The van der Waals surface area contributed by atoms with Gasteiger partial charge >= 0.3 is 11.9 Å². The number of nitrogens with zero attached hydrogens (tertiary/aromatic N) is 1. The van der Waals surface area contributed by atoms with Crippen LogP contribution >= 0.6 is 0 Å². The lowest BCUT2D eigenvalue weighted by atomic mass is 9.96. The van der Waals surface area contributed by atoms with Crippen LogP contribution in [-0.4, -0.2) is 43.1 Å². The van der Waals surface area contributed by atoms with E-state index in [-0.39, 0.29) is 25.4 Å². The van der Waals surface area contributed by atoms with E-state index in [1.165, 1.54) is 19.2 Å². The van der Waals surface area contributed by atoms with Gasteiger partial charge in [0.25, 0.3) is 0 Å². The van der Waals surface area contributed by atoms with Crippen LogP contribution in [0.4, 0.5) is 0 Å². The maximum Gasteiger partial charge on any atom is 0.346 e. The number of ether oxygens (including phenoxy) is 2. The maximum absolute atomic E-state index is 12.6. The number of allylic oxidation sites excluding steroid dienone is 3. The predicted molar refractivity (Wildman–Crippen MR) is 104 cm³/mol. The van der Waals surface area contributed by atoms with E-state index in [0.717, 1.165) is 12.8 Å². The molecule has 1 aromatic rings. The summed E-state index contributed by atoms with van der Waals surface area (Å²) in [6, 6.07) is 3.03. The molecule has 28 heavy (non-hydrogen) atoms. The molecule has 2 rings (SSSR count). The lowest BCUT2D eigenvalue weighted by Gasteiger charge is -2.13. The molecule has 0 spiro atoms. The van der Waals surface area contributed by atoms with Crippen molar-refractivity contribution in [2.24, 2.45) is 5.16 Å². The Morgan fingerprint density at radius 2 is 1.96 bits per heavy atom. The number of aromatic hydroxyl groups is 1. The SMILES string of the molecule is COC(=O)CO/N=C1\C=C\CC/C=C/CCOC(=O)c2c(C)cc(O)cc2C1. The molecule has 1 N–H and O–H groups in total. The average Bonchev–Trinajstić information content (AvgIpc) is 2.65. The Balaban J connectivity index is 2.36. The Labute approximate surface area is 164 Å². The minimum absolute atomic E-state index is 0.0481. The molecule has 0 saturated carbocycles. The van der Waals surface area contributed by atoms with E-state index >= 15 is 0 Å². The highest BCUT2D eigenvalue weighted by Crippen LogP contribution is 2.24. The number of phenolic OH excluding ortho intramolecular Hbond substituents is 1. The molecule has 0 aromatic heterocycles. The number of rotatable bonds is 3. The molecule has 0 saturated heterocycles. The Morgan fingerprint density at radius 3 is 2.75 bits per heavy atom. The summed E-state index contributed by atoms with van der Waals surface area (Å²) < 4.78 is 9.90. The number of phenols is 1. The van der Waals surface area contributed by atoms with Gasteiger partial charge in [-0.25, -0.2) is 9.59 Å². The van der Waals surface area contributed by atoms with Crippen LogP contribution in [0.25, 0.3) is 0 Å². The van der Waals surface area contributed by atoms with Crippen LogP contribution < -0.4 is 0 Å². The van der Waals surface area contributed by atoms with Gasteiger partial charge in [-0.05, 0) is 55.5 Å². The first-order valence-corrected chi connectivity index (χ1v) is 9.08. The lowest BCUT2D eigenvalue weighted by molar-refractivity contribution is -0.145. The predicted octanol–water partition coefficient (Wildman–Crippen LogP) is 3.24. The third kappa shape index (κ3) is 6.57. The van der Waals surface area contributed by atoms with Gasteiger partial charge in [-0.15, -0.1) is 0 Å². The fourth-order valence-electron chi connectivity index (χ4n) is 2.75. The third-order valence-corrected chi connectivity index (χ3v) is 4.06. The smallest absolute Gasteiger partial charge is 0.346 e. The van der Waals surface area contributed by atoms with Gasteiger partial charge in [0.05, 0.1) is 25.0 Å². The monoisotopic (exact) mass is 387 g/mol. The van der Waals surface area contributed by atoms with E-state index in [0.29, 0.717) is 28.8 Å². The number of cyclic esters (lactones) is 1. The van der Waals surface area contributed by atoms with Gasteiger partial charge in [-0.3, -0.25) is 0 Å². The standard InChI is InChI=1S/C21H25NO6/c1-15-11-18(23)13-16-12-17(22-28-14-19(24)26-2)9-7-5-3-4-6-8-10-27-21(25)20(15)16/h4,6-7,9,11,13,23H,3,5,8,10,12,14H2,1-2H3/b6-4+,9-7+,22-17+. The van der Waals surface area contributed by atoms with E-state index in [9.17, 15) is 14.7 Å². The molecule has 0 fully saturated rings. The van der Waals surface area contributed by atoms with Gasteiger partial charge in [0.15, 0.2) is 0 Å². The Hall–Kier alpha value is -3.09. The van der Waals surface area contributed by atoms with E-state index in [1.54, 1.807) is 13.0 Å². The number of esters is 2. The van der Waals surface area contributed by atoms with Gasteiger partial charge in [-0.1, -0.05) is 23.4 Å². The van der Waals surface area contributed by atoms with Gasteiger partial charge in [0.2, 0.25) is 6.61 Å². The molecule has 0 radical (unpaired) electrons. The lowest BCUT2D eigenvalue weighted by Crippen LogP contribution is -2.14. The number of hydrogen-bond acceptors (Lipinski definition) is 7. The van der Waals surface area contributed by atoms with Gasteiger partial charge in [0.1, 0.15) is 5.75 Å². The first-order valence-electron chi connectivity index (χ1n) is 9.08. The van der Waals surface area contributed by atoms with Crippen molar-refractivity contribution in [2.75, 3.05) is 20.3 Å². The van der Waals surface area contributed by atoms with Crippen molar-refractivity contribution in [3.8, 4) is 5.75 Å². The van der Waals surface area contributed by atoms with E-state index in [1.807, 2.05) is 18.2 Å². The minimum atomic E-state index is -0.545. The van der Waals surface area contributed by atoms with Gasteiger partial charge in [-0.2, -0.15) is 0 Å². The van der Waals surface area contributed by atoms with Crippen molar-refractivity contribution in [1.29, 1.82) is 0 Å². The molecule has 1 aliphatic heterocycles. The molecule has 7 nitrogen and oxygen atoms in total. The largest absolute Gasteiger partial charge is 0.508 e. The zero-order valence-electron chi connectivity index (χ0n) is 16.1. The molecule has 1 aromatic carbocycles. The van der Waals surface area contributed by atoms with Crippen LogP contribution in [0.1, 0.15) is 40.7 Å². The normalized spacial score (nSPS) is 19.1. The van der Waals surface area contributed by atoms with E-state index in [2.05, 4.69) is 9.89 Å². The molecule has 0 unspecified atom stereocenters. The van der Waals surface area contributed by atoms with Crippen molar-refractivity contribution in [2.45, 2.75) is 32.6 Å². The summed E-state index contributed by atoms with van der Waals surface area (Å²) in [5, 5.41) is 14.0. The van der Waals surface area contributed by atoms with Crippen LogP contribution in [0.5, 0.6) is 5.75 Å². The van der Waals surface area contributed by atoms with E-state index in [4.69, 9.17) is 9.57 Å². The van der Waals surface area contributed by atoms with E-state index < -0.39 is 11.9 Å². The van der Waals surface area contributed by atoms with Crippen LogP contribution in [0.3, 0.4) is 0 Å². The molecule has 0 aliphatic carbocycles. The minimum Gasteiger partial charge on any atom is -0.508 e. The molecule has 0 bridgehead atoms. The number of fused-ring (bicyclic) bond motifs is 1. The number of oxime groups is 1. The highest BCUT2D eigenvalue weighted by atomic mass is 16.6. The second-order valence-corrected chi connectivity index (χ2v) is 6.28. The topological polar surface area (TPSA) is 94.4 Å². The number of aryl methyl sites for hydroxylation is 1. The number of carbonyl (C=O) groups is 2. The van der Waals surface area contributed by atoms with Crippen molar-refractivity contribution in [1.82, 2.24) is 0 Å². The van der Waals surface area contributed by atoms with Gasteiger partial charge < -0.3 is 19.4 Å². The summed E-state index contributed by atoms with van der Waals surface area (Å²) in [5.41, 5.74) is 2.08. The van der Waals surface area contributed by atoms with Crippen molar-refractivity contribution in [3.63, 3.8) is 0 Å². The average molecular weight is 387 g/mol. The highest BCUT2D eigenvalue weighted by Gasteiger charge is 2.18. The number of methoxy groups -OCH3 is 1. The number of hydrogen-bond donors (Lipinski definition) is 1. The summed E-state index contributed by atoms with van der Waals surface area (Å²) in [5.74, 6) is -0.944. The summed E-state index contributed by atoms with van der Waals surface area (Å²) >= 11 is 0. The van der Waals surface area contributed by atoms with Crippen LogP contribution in [0.2, 0.25) is 0 Å². The van der Waals surface area contributed by atoms with Crippen molar-refractivity contribution >= 4 is 17.7 Å². The summed E-state index contributed by atoms with van der Waals surface area (Å²) in [4.78, 5) is 28.9. The van der Waals surface area contributed by atoms with Crippen LogP contribution in [-0.2, 0) is 25.5 Å². The maximum atomic E-state index is 12.6.